The van der Waals surface area contributed by atoms with Gasteiger partial charge in [-0.3, -0.25) is 4.79 Å². The molecule has 1 heterocycles. The SMILES string of the molecule is O=C1OCCC1N([Si](c1ccccc1)(c1ccccc1)c1ccccc1)[Si](c1ccccc1)(c1ccccc1)c1ccccc1. The molecule has 1 atom stereocenters. The maximum atomic E-state index is 14.3. The van der Waals surface area contributed by atoms with Crippen molar-refractivity contribution in [3.05, 3.63) is 182 Å². The Labute approximate surface area is 267 Å². The summed E-state index contributed by atoms with van der Waals surface area (Å²) in [6.07, 6.45) is 0.626. The second-order valence-electron chi connectivity index (χ2n) is 11.5. The first kappa shape index (κ1) is 28.9. The fourth-order valence-corrected chi connectivity index (χ4v) is 20.8. The van der Waals surface area contributed by atoms with Crippen LogP contribution in [0.4, 0.5) is 0 Å². The molecule has 1 fully saturated rings. The second kappa shape index (κ2) is 12.7. The Bertz CT molecular complexity index is 1520. The lowest BCUT2D eigenvalue weighted by Crippen LogP contribution is -2.92. The number of cyclic esters (lactones) is 1. The van der Waals surface area contributed by atoms with E-state index >= 15 is 0 Å². The van der Waals surface area contributed by atoms with Gasteiger partial charge in [0.25, 0.3) is 0 Å². The molecular weight excluding hydrogens is 583 g/mol. The smallest absolute Gasteiger partial charge is 0.322 e. The predicted octanol–water partition coefficient (Wildman–Crippen LogP) is 3.94. The average molecular weight is 618 g/mol. The minimum atomic E-state index is -3.25. The van der Waals surface area contributed by atoms with E-state index in [1.54, 1.807) is 0 Å². The Kier molecular flexibility index (Phi) is 8.14. The van der Waals surface area contributed by atoms with Crippen LogP contribution in [0.2, 0.25) is 0 Å². The first-order chi connectivity index (χ1) is 22.3. The highest BCUT2D eigenvalue weighted by atomic mass is 28.4. The summed E-state index contributed by atoms with van der Waals surface area (Å²) in [5.41, 5.74) is 0. The molecule has 5 heteroatoms. The topological polar surface area (TPSA) is 29.5 Å². The molecule has 0 aliphatic carbocycles. The number of esters is 1. The molecule has 0 saturated carbocycles. The minimum absolute atomic E-state index is 0.144. The molecule has 0 bridgehead atoms. The molecule has 0 aromatic heterocycles. The fourth-order valence-electron chi connectivity index (χ4n) is 7.35. The third kappa shape index (κ3) is 4.90. The van der Waals surface area contributed by atoms with Gasteiger partial charge < -0.3 is 8.97 Å². The van der Waals surface area contributed by atoms with Gasteiger partial charge in [0.05, 0.1) is 6.61 Å². The molecule has 3 nitrogen and oxygen atoms in total. The van der Waals surface area contributed by atoms with Crippen molar-refractivity contribution in [2.75, 3.05) is 6.61 Å². The molecule has 0 N–H and O–H groups in total. The van der Waals surface area contributed by atoms with E-state index in [0.29, 0.717) is 13.0 Å². The Hall–Kier alpha value is -4.82. The number of carbonyl (C=O) groups is 1. The van der Waals surface area contributed by atoms with Crippen molar-refractivity contribution >= 4 is 53.6 Å². The maximum absolute atomic E-state index is 14.3. The molecule has 1 saturated heterocycles. The summed E-state index contributed by atoms with van der Waals surface area (Å²) in [7, 11) is -6.50. The van der Waals surface area contributed by atoms with E-state index in [0.717, 1.165) is 0 Å². The summed E-state index contributed by atoms with van der Waals surface area (Å²) >= 11 is 0. The van der Waals surface area contributed by atoms with Gasteiger partial charge in [-0.15, -0.1) is 0 Å². The quantitative estimate of drug-likeness (QED) is 0.140. The number of benzene rings is 6. The highest BCUT2D eigenvalue weighted by Crippen LogP contribution is 2.29. The van der Waals surface area contributed by atoms with E-state index < -0.39 is 22.5 Å². The Morgan fingerprint density at radius 3 is 0.867 bits per heavy atom. The van der Waals surface area contributed by atoms with Crippen molar-refractivity contribution in [2.24, 2.45) is 0 Å². The lowest BCUT2D eigenvalue weighted by atomic mass is 10.3. The summed E-state index contributed by atoms with van der Waals surface area (Å²) in [6, 6.07) is 65.1. The van der Waals surface area contributed by atoms with Crippen LogP contribution in [0.1, 0.15) is 6.42 Å². The molecule has 7 rings (SSSR count). The number of rotatable bonds is 9. The largest absolute Gasteiger partial charge is 0.464 e. The number of ether oxygens (including phenoxy) is 1. The Morgan fingerprint density at radius 2 is 0.667 bits per heavy atom. The van der Waals surface area contributed by atoms with Crippen LogP contribution in [0.5, 0.6) is 0 Å². The molecular formula is C40H35NO2Si2. The third-order valence-electron chi connectivity index (χ3n) is 9.09. The van der Waals surface area contributed by atoms with Crippen molar-refractivity contribution in [1.82, 2.24) is 4.23 Å². The van der Waals surface area contributed by atoms with Crippen molar-refractivity contribution < 1.29 is 9.53 Å². The van der Waals surface area contributed by atoms with E-state index in [2.05, 4.69) is 186 Å². The number of hydrogen-bond acceptors (Lipinski definition) is 3. The third-order valence-corrected chi connectivity index (χ3v) is 20.2. The van der Waals surface area contributed by atoms with Gasteiger partial charge in [0, 0.05) is 6.42 Å². The van der Waals surface area contributed by atoms with Gasteiger partial charge in [-0.25, -0.2) is 0 Å². The van der Waals surface area contributed by atoms with Crippen LogP contribution in [0.25, 0.3) is 0 Å². The van der Waals surface area contributed by atoms with E-state index in [1.807, 2.05) is 0 Å². The zero-order valence-corrected chi connectivity index (χ0v) is 27.1. The van der Waals surface area contributed by atoms with E-state index in [4.69, 9.17) is 4.74 Å². The summed E-state index contributed by atoms with van der Waals surface area (Å²) in [6.45, 7) is 0.408. The van der Waals surface area contributed by atoms with Crippen LogP contribution in [-0.2, 0) is 9.53 Å². The van der Waals surface area contributed by atoms with Crippen molar-refractivity contribution in [1.29, 1.82) is 0 Å². The monoisotopic (exact) mass is 617 g/mol. The normalized spacial score (nSPS) is 15.1. The molecule has 6 aromatic carbocycles. The van der Waals surface area contributed by atoms with Crippen molar-refractivity contribution in [2.45, 2.75) is 12.5 Å². The Morgan fingerprint density at radius 1 is 0.422 bits per heavy atom. The first-order valence-electron chi connectivity index (χ1n) is 15.6. The summed E-state index contributed by atoms with van der Waals surface area (Å²) < 4.78 is 8.68. The van der Waals surface area contributed by atoms with Crippen LogP contribution in [0, 0.1) is 0 Å². The van der Waals surface area contributed by atoms with Crippen LogP contribution < -0.4 is 31.1 Å². The van der Waals surface area contributed by atoms with Crippen LogP contribution in [0.15, 0.2) is 182 Å². The molecule has 220 valence electrons. The summed E-state index contributed by atoms with van der Waals surface area (Å²) in [4.78, 5) is 14.3. The molecule has 45 heavy (non-hydrogen) atoms. The zero-order valence-electron chi connectivity index (χ0n) is 25.1. The lowest BCUT2D eigenvalue weighted by molar-refractivity contribution is -0.140. The lowest BCUT2D eigenvalue weighted by Gasteiger charge is -2.55. The van der Waals surface area contributed by atoms with Crippen LogP contribution >= 0.6 is 0 Å². The highest BCUT2D eigenvalue weighted by molar-refractivity contribution is 7.22. The molecule has 1 aliphatic rings. The number of nitrogens with zero attached hydrogens (tertiary/aromatic N) is 1. The van der Waals surface area contributed by atoms with Gasteiger partial charge in [-0.2, -0.15) is 0 Å². The summed E-state index contributed by atoms with van der Waals surface area (Å²) in [5.74, 6) is -0.144. The molecule has 0 radical (unpaired) electrons. The Balaban J connectivity index is 1.75. The van der Waals surface area contributed by atoms with Gasteiger partial charge in [-0.05, 0) is 31.1 Å². The van der Waals surface area contributed by atoms with Crippen molar-refractivity contribution in [3.63, 3.8) is 0 Å². The summed E-state index contributed by atoms with van der Waals surface area (Å²) in [5, 5.41) is 7.43. The number of carbonyl (C=O) groups excluding carboxylic acids is 1. The number of hydrogen-bond donors (Lipinski definition) is 0. The van der Waals surface area contributed by atoms with Gasteiger partial charge >= 0.3 is 5.97 Å². The zero-order chi connectivity index (χ0) is 30.5. The van der Waals surface area contributed by atoms with Gasteiger partial charge in [0.1, 0.15) is 6.04 Å². The fraction of sp³-hybridized carbons (Fsp3) is 0.0750. The van der Waals surface area contributed by atoms with E-state index in [-0.39, 0.29) is 5.97 Å². The van der Waals surface area contributed by atoms with E-state index in [1.165, 1.54) is 31.1 Å². The predicted molar refractivity (Wildman–Crippen MR) is 189 cm³/mol. The molecule has 0 amide bonds. The van der Waals surface area contributed by atoms with Crippen LogP contribution in [0.3, 0.4) is 0 Å². The van der Waals surface area contributed by atoms with Gasteiger partial charge in [0.2, 0.25) is 16.5 Å². The van der Waals surface area contributed by atoms with Gasteiger partial charge in [0.15, 0.2) is 0 Å². The van der Waals surface area contributed by atoms with Crippen LogP contribution in [-0.4, -0.2) is 39.3 Å². The maximum Gasteiger partial charge on any atom is 0.322 e. The molecule has 1 aliphatic heterocycles. The molecule has 6 aromatic rings. The minimum Gasteiger partial charge on any atom is -0.464 e. The standard InChI is InChI=1S/C40H35NO2Si2/c42-40-39(31-32-43-40)41(44(33-19-7-1-8-20-33,34-21-9-2-10-22-34)35-23-11-3-12-24-35)45(36-25-13-4-14-26-36,37-27-15-5-16-28-37)38-29-17-6-18-30-38/h1-30,39H,31-32H2. The van der Waals surface area contributed by atoms with Crippen molar-refractivity contribution in [3.8, 4) is 0 Å². The first-order valence-corrected chi connectivity index (χ1v) is 19.5. The molecule has 0 spiro atoms. The highest BCUT2D eigenvalue weighted by Gasteiger charge is 2.61. The van der Waals surface area contributed by atoms with E-state index in [9.17, 15) is 4.79 Å². The molecule has 1 unspecified atom stereocenters. The average Bonchev–Trinajstić information content (AvgIpc) is 3.55. The second-order valence-corrected chi connectivity index (χ2v) is 19.2. The van der Waals surface area contributed by atoms with Gasteiger partial charge in [-0.1, -0.05) is 182 Å².